The van der Waals surface area contributed by atoms with Crippen LogP contribution >= 0.6 is 0 Å². The lowest BCUT2D eigenvalue weighted by molar-refractivity contribution is -0.121. The Bertz CT molecular complexity index is 1040. The van der Waals surface area contributed by atoms with Crippen LogP contribution in [0, 0.1) is 0 Å². The Morgan fingerprint density at radius 1 is 1.12 bits per heavy atom. The van der Waals surface area contributed by atoms with Crippen LogP contribution in [-0.4, -0.2) is 79.7 Å². The van der Waals surface area contributed by atoms with Gasteiger partial charge >= 0.3 is 6.01 Å². The summed E-state index contributed by atoms with van der Waals surface area (Å²) in [6.45, 7) is 1.51. The molecule has 1 aromatic carbocycles. The van der Waals surface area contributed by atoms with Crippen molar-refractivity contribution in [3.8, 4) is 0 Å². The first-order valence-corrected chi connectivity index (χ1v) is 12.3. The van der Waals surface area contributed by atoms with E-state index in [1.165, 1.54) is 14.0 Å². The van der Waals surface area contributed by atoms with Gasteiger partial charge in [0.15, 0.2) is 5.69 Å². The number of rotatable bonds is 13. The monoisotopic (exact) mass is 498 g/mol. The number of carbonyl (C=O) groups is 2. The maximum absolute atomic E-state index is 12.8. The number of ether oxygens (including phenoxy) is 1. The van der Waals surface area contributed by atoms with Gasteiger partial charge in [-0.1, -0.05) is 30.3 Å². The van der Waals surface area contributed by atoms with Crippen LogP contribution in [0.3, 0.4) is 0 Å². The van der Waals surface area contributed by atoms with Gasteiger partial charge < -0.3 is 30.0 Å². The van der Waals surface area contributed by atoms with Crippen molar-refractivity contribution in [3.05, 3.63) is 47.9 Å². The quantitative estimate of drug-likeness (QED) is 0.247. The molecule has 2 aromatic rings. The number of oxazole rings is 1. The third kappa shape index (κ3) is 8.74. The zero-order chi connectivity index (χ0) is 25.3. The molecule has 0 bridgehead atoms. The van der Waals surface area contributed by atoms with Crippen molar-refractivity contribution in [2.45, 2.75) is 44.1 Å². The zero-order valence-electron chi connectivity index (χ0n) is 19.1. The fourth-order valence-corrected chi connectivity index (χ4v) is 3.67. The van der Waals surface area contributed by atoms with E-state index in [2.05, 4.69) is 15.6 Å². The average Bonchev–Trinajstić information content (AvgIpc) is 3.22. The Balaban J connectivity index is 2.24. The second-order valence-electron chi connectivity index (χ2n) is 7.75. The Morgan fingerprint density at radius 2 is 1.76 bits per heavy atom. The summed E-state index contributed by atoms with van der Waals surface area (Å²) < 4.78 is 34.7. The Hall–Kier alpha value is -3.00. The van der Waals surface area contributed by atoms with E-state index in [-0.39, 0.29) is 25.1 Å². The van der Waals surface area contributed by atoms with Gasteiger partial charge in [-0.15, -0.1) is 0 Å². The van der Waals surface area contributed by atoms with E-state index in [1.807, 2.05) is 10.8 Å². The predicted octanol–water partition coefficient (Wildman–Crippen LogP) is -0.350. The highest BCUT2D eigenvalue weighted by Crippen LogP contribution is 2.15. The first-order chi connectivity index (χ1) is 16.0. The second-order valence-corrected chi connectivity index (χ2v) is 9.50. The van der Waals surface area contributed by atoms with E-state index < -0.39 is 52.1 Å². The Morgan fingerprint density at radius 3 is 2.35 bits per heavy atom. The van der Waals surface area contributed by atoms with Crippen molar-refractivity contribution in [2.24, 2.45) is 0 Å². The highest BCUT2D eigenvalue weighted by atomic mass is 32.2. The molecule has 0 saturated heterocycles. The van der Waals surface area contributed by atoms with Crippen LogP contribution in [0.5, 0.6) is 0 Å². The number of aliphatic hydroxyl groups excluding tert-OH is 2. The lowest BCUT2D eigenvalue weighted by atomic mass is 9.92. The molecule has 4 atom stereocenters. The predicted molar refractivity (Wildman–Crippen MR) is 122 cm³/mol. The SMILES string of the molecule is COCCC(NC(C)=O)C(O)C(O)C(Cc1ccccc1)NC(=O)c1coc(NS(C)(=O)=O)n1. The van der Waals surface area contributed by atoms with Gasteiger partial charge in [0, 0.05) is 20.6 Å². The van der Waals surface area contributed by atoms with Crippen LogP contribution in [0.25, 0.3) is 0 Å². The molecule has 0 aliphatic heterocycles. The number of aromatic nitrogens is 1. The van der Waals surface area contributed by atoms with Crippen molar-refractivity contribution in [1.82, 2.24) is 15.6 Å². The molecule has 2 rings (SSSR count). The second kappa shape index (κ2) is 12.5. The van der Waals surface area contributed by atoms with Crippen LogP contribution in [0.4, 0.5) is 6.01 Å². The standard InChI is InChI=1S/C21H30N4O8S/c1-13(26)22-15(9-10-32-2)18(27)19(28)16(11-14-7-5-4-6-8-14)23-20(29)17-12-33-21(24-17)25-34(3,30)31/h4-8,12,15-16,18-19,27-28H,9-11H2,1-3H3,(H,22,26)(H,23,29)(H,24,25). The number of aliphatic hydroxyl groups is 2. The van der Waals surface area contributed by atoms with E-state index >= 15 is 0 Å². The minimum Gasteiger partial charge on any atom is -0.431 e. The average molecular weight is 499 g/mol. The normalized spacial score (nSPS) is 15.1. The minimum absolute atomic E-state index is 0.147. The van der Waals surface area contributed by atoms with Gasteiger partial charge in [-0.2, -0.15) is 4.98 Å². The molecule has 0 fully saturated rings. The fraction of sp³-hybridized carbons (Fsp3) is 0.476. The molecule has 12 nitrogen and oxygen atoms in total. The van der Waals surface area contributed by atoms with Crippen molar-refractivity contribution >= 4 is 27.9 Å². The third-order valence-electron chi connectivity index (χ3n) is 4.82. The summed E-state index contributed by atoms with van der Waals surface area (Å²) in [5.74, 6) is -1.16. The summed E-state index contributed by atoms with van der Waals surface area (Å²) in [7, 11) is -2.19. The van der Waals surface area contributed by atoms with Crippen LogP contribution in [0.1, 0.15) is 29.4 Å². The molecule has 2 amide bonds. The Kier molecular flexibility index (Phi) is 9.98. The van der Waals surface area contributed by atoms with Gasteiger partial charge in [0.1, 0.15) is 18.5 Å². The number of carbonyl (C=O) groups excluding carboxylic acids is 2. The number of nitrogens with one attached hydrogen (secondary N) is 3. The van der Waals surface area contributed by atoms with Gasteiger partial charge in [-0.05, 0) is 18.4 Å². The van der Waals surface area contributed by atoms with Crippen molar-refractivity contribution in [2.75, 3.05) is 24.7 Å². The molecule has 1 heterocycles. The van der Waals surface area contributed by atoms with Gasteiger partial charge in [0.2, 0.25) is 15.9 Å². The van der Waals surface area contributed by atoms with E-state index in [9.17, 15) is 28.2 Å². The van der Waals surface area contributed by atoms with Gasteiger partial charge in [0.25, 0.3) is 5.91 Å². The molecule has 34 heavy (non-hydrogen) atoms. The van der Waals surface area contributed by atoms with Crippen molar-refractivity contribution < 1.29 is 37.4 Å². The molecule has 0 saturated carbocycles. The first-order valence-electron chi connectivity index (χ1n) is 10.4. The number of anilines is 1. The van der Waals surface area contributed by atoms with Crippen LogP contribution < -0.4 is 15.4 Å². The molecule has 188 valence electrons. The number of benzene rings is 1. The van der Waals surface area contributed by atoms with Gasteiger partial charge in [-0.3, -0.25) is 9.59 Å². The third-order valence-corrected chi connectivity index (χ3v) is 5.37. The molecule has 13 heteroatoms. The van der Waals surface area contributed by atoms with E-state index in [0.717, 1.165) is 18.1 Å². The molecular weight excluding hydrogens is 468 g/mol. The zero-order valence-corrected chi connectivity index (χ0v) is 19.9. The molecule has 1 aromatic heterocycles. The number of hydrogen-bond acceptors (Lipinski definition) is 9. The highest BCUT2D eigenvalue weighted by molar-refractivity contribution is 7.91. The first kappa shape index (κ1) is 27.2. The highest BCUT2D eigenvalue weighted by Gasteiger charge is 2.34. The van der Waals surface area contributed by atoms with Crippen LogP contribution in [0.2, 0.25) is 0 Å². The number of methoxy groups -OCH3 is 1. The van der Waals surface area contributed by atoms with Gasteiger partial charge in [-0.25, -0.2) is 13.1 Å². The molecule has 0 radical (unpaired) electrons. The number of hydrogen-bond donors (Lipinski definition) is 5. The van der Waals surface area contributed by atoms with Crippen LogP contribution in [0.15, 0.2) is 41.0 Å². The summed E-state index contributed by atoms with van der Waals surface area (Å²) >= 11 is 0. The molecule has 0 aliphatic rings. The molecular formula is C21H30N4O8S. The minimum atomic E-state index is -3.66. The molecule has 5 N–H and O–H groups in total. The van der Waals surface area contributed by atoms with E-state index in [4.69, 9.17) is 9.15 Å². The lowest BCUT2D eigenvalue weighted by Gasteiger charge is -2.32. The molecule has 0 spiro atoms. The lowest BCUT2D eigenvalue weighted by Crippen LogP contribution is -2.56. The largest absolute Gasteiger partial charge is 0.431 e. The fourth-order valence-electron chi connectivity index (χ4n) is 3.26. The van der Waals surface area contributed by atoms with Gasteiger partial charge in [0.05, 0.1) is 18.3 Å². The maximum atomic E-state index is 12.8. The summed E-state index contributed by atoms with van der Waals surface area (Å²) in [6.07, 6.45) is -0.687. The number of amides is 2. The van der Waals surface area contributed by atoms with Crippen LogP contribution in [-0.2, 0) is 26.0 Å². The van der Waals surface area contributed by atoms with E-state index in [0.29, 0.717) is 0 Å². The summed E-state index contributed by atoms with van der Waals surface area (Å²) in [5.41, 5.74) is 0.537. The number of nitrogens with zero attached hydrogens (tertiary/aromatic N) is 1. The summed E-state index contributed by atoms with van der Waals surface area (Å²) in [5, 5.41) is 27.0. The molecule has 0 aliphatic carbocycles. The van der Waals surface area contributed by atoms with E-state index in [1.54, 1.807) is 24.3 Å². The summed E-state index contributed by atoms with van der Waals surface area (Å²) in [4.78, 5) is 28.2. The topological polar surface area (TPSA) is 180 Å². The van der Waals surface area contributed by atoms with Crippen molar-refractivity contribution in [3.63, 3.8) is 0 Å². The maximum Gasteiger partial charge on any atom is 0.309 e. The Labute approximate surface area is 197 Å². The number of sulfonamides is 1. The van der Waals surface area contributed by atoms with Crippen molar-refractivity contribution in [1.29, 1.82) is 0 Å². The smallest absolute Gasteiger partial charge is 0.309 e. The summed E-state index contributed by atoms with van der Waals surface area (Å²) in [6, 6.07) is 6.75. The molecule has 4 unspecified atom stereocenters.